The summed E-state index contributed by atoms with van der Waals surface area (Å²) in [7, 11) is 0. The highest BCUT2D eigenvalue weighted by atomic mass is 16.2. The van der Waals surface area contributed by atoms with E-state index in [1.807, 2.05) is 35.2 Å². The molecule has 2 amide bonds. The Labute approximate surface area is 121 Å². The molecule has 0 aliphatic carbocycles. The van der Waals surface area contributed by atoms with Crippen molar-refractivity contribution in [3.63, 3.8) is 0 Å². The summed E-state index contributed by atoms with van der Waals surface area (Å²) < 4.78 is 0. The minimum Gasteiger partial charge on any atom is -0.334 e. The molecule has 1 aliphatic rings. The Bertz CT molecular complexity index is 411. The number of nitrogens with zero attached hydrogens (tertiary/aromatic N) is 2. The van der Waals surface area contributed by atoms with E-state index in [-0.39, 0.29) is 6.03 Å². The number of piperazine rings is 1. The van der Waals surface area contributed by atoms with E-state index in [1.165, 1.54) is 0 Å². The molecule has 1 aliphatic heterocycles. The fourth-order valence-electron chi connectivity index (χ4n) is 2.54. The van der Waals surface area contributed by atoms with Crippen molar-refractivity contribution in [2.75, 3.05) is 32.7 Å². The zero-order valence-corrected chi connectivity index (χ0v) is 12.5. The number of rotatable bonds is 4. The first-order valence-corrected chi connectivity index (χ1v) is 7.44. The van der Waals surface area contributed by atoms with Crippen LogP contribution < -0.4 is 5.32 Å². The van der Waals surface area contributed by atoms with Gasteiger partial charge < -0.3 is 10.2 Å². The second-order valence-electron chi connectivity index (χ2n) is 5.83. The van der Waals surface area contributed by atoms with Crippen molar-refractivity contribution in [3.8, 4) is 0 Å². The van der Waals surface area contributed by atoms with Gasteiger partial charge in [-0.15, -0.1) is 0 Å². The van der Waals surface area contributed by atoms with Crippen LogP contribution in [0.25, 0.3) is 0 Å². The minimum absolute atomic E-state index is 0.0538. The second kappa shape index (κ2) is 7.29. The van der Waals surface area contributed by atoms with Gasteiger partial charge in [0, 0.05) is 39.3 Å². The van der Waals surface area contributed by atoms with Crippen LogP contribution in [0.5, 0.6) is 0 Å². The number of amides is 2. The molecule has 0 spiro atoms. The lowest BCUT2D eigenvalue weighted by Gasteiger charge is -2.35. The van der Waals surface area contributed by atoms with Crippen LogP contribution in [0, 0.1) is 5.92 Å². The highest BCUT2D eigenvalue weighted by Gasteiger charge is 2.20. The van der Waals surface area contributed by atoms with Crippen molar-refractivity contribution in [2.24, 2.45) is 5.92 Å². The fourth-order valence-corrected chi connectivity index (χ4v) is 2.54. The van der Waals surface area contributed by atoms with Crippen molar-refractivity contribution in [2.45, 2.75) is 20.4 Å². The molecule has 2 rings (SSSR count). The standard InChI is InChI=1S/C16H25N3O/c1-14(2)13-18-8-10-19(11-9-18)16(20)17-12-15-6-4-3-5-7-15/h3-7,14H,8-13H2,1-2H3,(H,17,20). The Morgan fingerprint density at radius 2 is 1.80 bits per heavy atom. The first-order chi connectivity index (χ1) is 9.65. The van der Waals surface area contributed by atoms with Crippen molar-refractivity contribution in [3.05, 3.63) is 35.9 Å². The average Bonchev–Trinajstić information content (AvgIpc) is 2.46. The Morgan fingerprint density at radius 1 is 1.15 bits per heavy atom. The molecule has 0 radical (unpaired) electrons. The quantitative estimate of drug-likeness (QED) is 0.914. The van der Waals surface area contributed by atoms with Crippen LogP contribution in [-0.4, -0.2) is 48.6 Å². The molecular weight excluding hydrogens is 250 g/mol. The third kappa shape index (κ3) is 4.53. The van der Waals surface area contributed by atoms with Crippen LogP contribution in [0.1, 0.15) is 19.4 Å². The minimum atomic E-state index is 0.0538. The van der Waals surface area contributed by atoms with Gasteiger partial charge in [-0.1, -0.05) is 44.2 Å². The number of nitrogens with one attached hydrogen (secondary N) is 1. The van der Waals surface area contributed by atoms with Gasteiger partial charge in [-0.2, -0.15) is 0 Å². The molecule has 1 aromatic rings. The van der Waals surface area contributed by atoms with E-state index >= 15 is 0 Å². The van der Waals surface area contributed by atoms with E-state index in [0.717, 1.165) is 38.3 Å². The van der Waals surface area contributed by atoms with Crippen LogP contribution in [0.4, 0.5) is 4.79 Å². The number of benzene rings is 1. The normalized spacial score (nSPS) is 16.4. The zero-order valence-electron chi connectivity index (χ0n) is 12.5. The van der Waals surface area contributed by atoms with Gasteiger partial charge in [-0.25, -0.2) is 4.79 Å². The van der Waals surface area contributed by atoms with E-state index in [9.17, 15) is 4.79 Å². The molecule has 4 heteroatoms. The molecule has 1 aromatic carbocycles. The molecule has 1 heterocycles. The summed E-state index contributed by atoms with van der Waals surface area (Å²) >= 11 is 0. The first-order valence-electron chi connectivity index (χ1n) is 7.44. The van der Waals surface area contributed by atoms with Crippen molar-refractivity contribution in [1.82, 2.24) is 15.1 Å². The molecule has 0 saturated carbocycles. The molecule has 1 fully saturated rings. The molecule has 0 bridgehead atoms. The van der Waals surface area contributed by atoms with Gasteiger partial charge >= 0.3 is 6.03 Å². The summed E-state index contributed by atoms with van der Waals surface area (Å²) in [5.74, 6) is 0.688. The van der Waals surface area contributed by atoms with E-state index in [4.69, 9.17) is 0 Å². The maximum absolute atomic E-state index is 12.1. The molecule has 0 unspecified atom stereocenters. The highest BCUT2D eigenvalue weighted by molar-refractivity contribution is 5.74. The summed E-state index contributed by atoms with van der Waals surface area (Å²) in [6, 6.07) is 10.1. The van der Waals surface area contributed by atoms with Gasteiger partial charge in [0.25, 0.3) is 0 Å². The van der Waals surface area contributed by atoms with Gasteiger partial charge in [0.2, 0.25) is 0 Å². The number of carbonyl (C=O) groups is 1. The molecule has 0 atom stereocenters. The molecular formula is C16H25N3O. The van der Waals surface area contributed by atoms with Gasteiger partial charge in [0.05, 0.1) is 0 Å². The van der Waals surface area contributed by atoms with Crippen LogP contribution in [0.2, 0.25) is 0 Å². The third-order valence-corrected chi connectivity index (χ3v) is 3.57. The van der Waals surface area contributed by atoms with Gasteiger partial charge in [0.1, 0.15) is 0 Å². The van der Waals surface area contributed by atoms with E-state index in [2.05, 4.69) is 24.1 Å². The molecule has 4 nitrogen and oxygen atoms in total. The second-order valence-corrected chi connectivity index (χ2v) is 5.83. The molecule has 110 valence electrons. The summed E-state index contributed by atoms with van der Waals surface area (Å²) in [5, 5.41) is 2.99. The van der Waals surface area contributed by atoms with Crippen LogP contribution in [-0.2, 0) is 6.54 Å². The number of carbonyl (C=O) groups excluding carboxylic acids is 1. The van der Waals surface area contributed by atoms with Crippen LogP contribution in [0.3, 0.4) is 0 Å². The van der Waals surface area contributed by atoms with Crippen molar-refractivity contribution in [1.29, 1.82) is 0 Å². The molecule has 1 N–H and O–H groups in total. The average molecular weight is 275 g/mol. The summed E-state index contributed by atoms with van der Waals surface area (Å²) in [5.41, 5.74) is 1.14. The lowest BCUT2D eigenvalue weighted by atomic mass is 10.2. The predicted molar refractivity (Wildman–Crippen MR) is 81.5 cm³/mol. The lowest BCUT2D eigenvalue weighted by Crippen LogP contribution is -2.52. The Kier molecular flexibility index (Phi) is 5.41. The largest absolute Gasteiger partial charge is 0.334 e. The summed E-state index contributed by atoms with van der Waals surface area (Å²) in [6.07, 6.45) is 0. The van der Waals surface area contributed by atoms with E-state index in [1.54, 1.807) is 0 Å². The van der Waals surface area contributed by atoms with Gasteiger partial charge in [-0.3, -0.25) is 4.90 Å². The first kappa shape index (κ1) is 14.9. The zero-order chi connectivity index (χ0) is 14.4. The van der Waals surface area contributed by atoms with Crippen LogP contribution in [0.15, 0.2) is 30.3 Å². The van der Waals surface area contributed by atoms with Gasteiger partial charge in [-0.05, 0) is 11.5 Å². The smallest absolute Gasteiger partial charge is 0.317 e. The molecule has 20 heavy (non-hydrogen) atoms. The van der Waals surface area contributed by atoms with Gasteiger partial charge in [0.15, 0.2) is 0 Å². The number of hydrogen-bond acceptors (Lipinski definition) is 2. The van der Waals surface area contributed by atoms with Crippen molar-refractivity contribution < 1.29 is 4.79 Å². The highest BCUT2D eigenvalue weighted by Crippen LogP contribution is 2.06. The molecule has 1 saturated heterocycles. The lowest BCUT2D eigenvalue weighted by molar-refractivity contribution is 0.131. The fraction of sp³-hybridized carbons (Fsp3) is 0.562. The third-order valence-electron chi connectivity index (χ3n) is 3.57. The maximum Gasteiger partial charge on any atom is 0.317 e. The summed E-state index contributed by atoms with van der Waals surface area (Å²) in [4.78, 5) is 16.4. The predicted octanol–water partition coefficient (Wildman–Crippen LogP) is 2.17. The maximum atomic E-state index is 12.1. The number of hydrogen-bond donors (Lipinski definition) is 1. The van der Waals surface area contributed by atoms with Crippen molar-refractivity contribution >= 4 is 6.03 Å². The Balaban J connectivity index is 1.72. The summed E-state index contributed by atoms with van der Waals surface area (Å²) in [6.45, 7) is 9.82. The number of urea groups is 1. The SMILES string of the molecule is CC(C)CN1CCN(C(=O)NCc2ccccc2)CC1. The molecule has 0 aromatic heterocycles. The Morgan fingerprint density at radius 3 is 2.40 bits per heavy atom. The monoisotopic (exact) mass is 275 g/mol. The van der Waals surface area contributed by atoms with E-state index in [0.29, 0.717) is 12.5 Å². The van der Waals surface area contributed by atoms with Crippen LogP contribution >= 0.6 is 0 Å². The van der Waals surface area contributed by atoms with E-state index < -0.39 is 0 Å². The Hall–Kier alpha value is -1.55. The topological polar surface area (TPSA) is 35.6 Å².